The maximum absolute atomic E-state index is 13.2. The van der Waals surface area contributed by atoms with Crippen molar-refractivity contribution in [3.63, 3.8) is 0 Å². The van der Waals surface area contributed by atoms with Crippen molar-refractivity contribution in [1.29, 1.82) is 0 Å². The highest BCUT2D eigenvalue weighted by Crippen LogP contribution is 2.31. The largest absolute Gasteiger partial charge is 0.497 e. The number of aryl methyl sites for hydroxylation is 1. The summed E-state index contributed by atoms with van der Waals surface area (Å²) < 4.78 is 8.34. The van der Waals surface area contributed by atoms with E-state index in [1.54, 1.807) is 42.1 Å². The molecule has 0 radical (unpaired) electrons. The highest BCUT2D eigenvalue weighted by molar-refractivity contribution is 6.43. The zero-order valence-electron chi connectivity index (χ0n) is 17.2. The molecule has 0 bridgehead atoms. The number of rotatable bonds is 4. The summed E-state index contributed by atoms with van der Waals surface area (Å²) in [6.45, 7) is 2.03. The number of fused-ring (bicyclic) bond motifs is 3. The molecular formula is C23H17Cl2N5O2. The molecule has 160 valence electrons. The van der Waals surface area contributed by atoms with Crippen molar-refractivity contribution in [2.45, 2.75) is 13.3 Å². The van der Waals surface area contributed by atoms with Crippen LogP contribution in [0.3, 0.4) is 0 Å². The highest BCUT2D eigenvalue weighted by Gasteiger charge is 2.19. The minimum absolute atomic E-state index is 0.183. The predicted octanol–water partition coefficient (Wildman–Crippen LogP) is 4.97. The molecule has 3 heterocycles. The first kappa shape index (κ1) is 20.5. The van der Waals surface area contributed by atoms with Crippen molar-refractivity contribution in [2.24, 2.45) is 0 Å². The lowest BCUT2D eigenvalue weighted by molar-refractivity contribution is 0.415. The van der Waals surface area contributed by atoms with Gasteiger partial charge in [0, 0.05) is 6.20 Å². The SMILES string of the molecule is CCc1nn2c(nnc3c(=O)n(-c4cccc(Cl)c4Cl)ccc32)c1-c1ccc(OC)cc1. The Kier molecular flexibility index (Phi) is 5.07. The number of methoxy groups -OCH3 is 1. The topological polar surface area (TPSA) is 74.3 Å². The van der Waals surface area contributed by atoms with Gasteiger partial charge in [-0.05, 0) is 42.3 Å². The van der Waals surface area contributed by atoms with E-state index in [1.807, 2.05) is 31.2 Å². The van der Waals surface area contributed by atoms with Crippen molar-refractivity contribution in [2.75, 3.05) is 7.11 Å². The second kappa shape index (κ2) is 7.93. The summed E-state index contributed by atoms with van der Waals surface area (Å²) in [4.78, 5) is 13.2. The summed E-state index contributed by atoms with van der Waals surface area (Å²) in [5.41, 5.74) is 4.13. The van der Waals surface area contributed by atoms with Gasteiger partial charge in [-0.2, -0.15) is 5.10 Å². The Morgan fingerprint density at radius 1 is 1.03 bits per heavy atom. The number of hydrogen-bond acceptors (Lipinski definition) is 5. The molecule has 3 aromatic heterocycles. The molecule has 0 amide bonds. The molecule has 0 saturated heterocycles. The highest BCUT2D eigenvalue weighted by atomic mass is 35.5. The van der Waals surface area contributed by atoms with Crippen LogP contribution in [0, 0.1) is 0 Å². The number of nitrogens with zero attached hydrogens (tertiary/aromatic N) is 5. The quantitative estimate of drug-likeness (QED) is 0.374. The van der Waals surface area contributed by atoms with Gasteiger partial charge in [0.2, 0.25) is 0 Å². The van der Waals surface area contributed by atoms with E-state index < -0.39 is 0 Å². The maximum Gasteiger partial charge on any atom is 0.285 e. The summed E-state index contributed by atoms with van der Waals surface area (Å²) in [6, 6.07) is 14.6. The molecular weight excluding hydrogens is 449 g/mol. The summed E-state index contributed by atoms with van der Waals surface area (Å²) in [5.74, 6) is 0.764. The fourth-order valence-corrected chi connectivity index (χ4v) is 4.15. The van der Waals surface area contributed by atoms with E-state index in [2.05, 4.69) is 10.2 Å². The molecule has 0 aliphatic heterocycles. The monoisotopic (exact) mass is 465 g/mol. The number of aromatic nitrogens is 5. The summed E-state index contributed by atoms with van der Waals surface area (Å²) in [7, 11) is 1.63. The Morgan fingerprint density at radius 2 is 1.81 bits per heavy atom. The third kappa shape index (κ3) is 3.13. The van der Waals surface area contributed by atoms with Gasteiger partial charge in [0.15, 0.2) is 11.2 Å². The van der Waals surface area contributed by atoms with E-state index in [9.17, 15) is 4.79 Å². The molecule has 0 N–H and O–H groups in total. The van der Waals surface area contributed by atoms with Crippen molar-refractivity contribution >= 4 is 39.9 Å². The number of ether oxygens (including phenoxy) is 1. The summed E-state index contributed by atoms with van der Waals surface area (Å²) in [6.07, 6.45) is 2.34. The van der Waals surface area contributed by atoms with Gasteiger partial charge in [0.05, 0.1) is 34.1 Å². The van der Waals surface area contributed by atoms with E-state index in [-0.39, 0.29) is 11.1 Å². The van der Waals surface area contributed by atoms with Gasteiger partial charge in [-0.25, -0.2) is 4.52 Å². The molecule has 7 nitrogen and oxygen atoms in total. The number of benzene rings is 2. The van der Waals surface area contributed by atoms with Crippen molar-refractivity contribution in [3.8, 4) is 22.6 Å². The molecule has 5 rings (SSSR count). The molecule has 0 unspecified atom stereocenters. The summed E-state index contributed by atoms with van der Waals surface area (Å²) in [5, 5.41) is 14.0. The molecule has 0 saturated carbocycles. The Balaban J connectivity index is 1.75. The van der Waals surface area contributed by atoms with Crippen LogP contribution in [-0.2, 0) is 6.42 Å². The van der Waals surface area contributed by atoms with E-state index in [4.69, 9.17) is 33.0 Å². The number of pyridine rings is 1. The Morgan fingerprint density at radius 3 is 2.53 bits per heavy atom. The van der Waals surface area contributed by atoms with Crippen molar-refractivity contribution in [1.82, 2.24) is 24.4 Å². The predicted molar refractivity (Wildman–Crippen MR) is 125 cm³/mol. The minimum atomic E-state index is -0.361. The third-order valence-corrected chi connectivity index (χ3v) is 6.17. The van der Waals surface area contributed by atoms with Crippen molar-refractivity contribution in [3.05, 3.63) is 80.8 Å². The van der Waals surface area contributed by atoms with E-state index in [0.717, 1.165) is 22.6 Å². The second-order valence-corrected chi connectivity index (χ2v) is 7.92. The second-order valence-electron chi connectivity index (χ2n) is 7.14. The molecule has 32 heavy (non-hydrogen) atoms. The van der Waals surface area contributed by atoms with Crippen LogP contribution in [0.5, 0.6) is 5.75 Å². The van der Waals surface area contributed by atoms with Crippen LogP contribution in [0.4, 0.5) is 0 Å². The normalized spacial score (nSPS) is 11.4. The van der Waals surface area contributed by atoms with Crippen molar-refractivity contribution < 1.29 is 4.74 Å². The van der Waals surface area contributed by atoms with Gasteiger partial charge >= 0.3 is 0 Å². The van der Waals surface area contributed by atoms with Crippen LogP contribution in [0.2, 0.25) is 10.0 Å². The molecule has 0 aliphatic carbocycles. The lowest BCUT2D eigenvalue weighted by Crippen LogP contribution is -2.20. The van der Waals surface area contributed by atoms with E-state index in [0.29, 0.717) is 33.3 Å². The van der Waals surface area contributed by atoms with E-state index >= 15 is 0 Å². The van der Waals surface area contributed by atoms with Crippen LogP contribution in [0.15, 0.2) is 59.5 Å². The fraction of sp³-hybridized carbons (Fsp3) is 0.130. The molecule has 0 aliphatic rings. The van der Waals surface area contributed by atoms with Gasteiger partial charge < -0.3 is 4.74 Å². The van der Waals surface area contributed by atoms with Gasteiger partial charge in [0.25, 0.3) is 5.56 Å². The van der Waals surface area contributed by atoms with Crippen LogP contribution in [0.1, 0.15) is 12.6 Å². The third-order valence-electron chi connectivity index (χ3n) is 5.36. The Hall–Kier alpha value is -3.42. The Bertz CT molecular complexity index is 1540. The molecule has 5 aromatic rings. The molecule has 0 fully saturated rings. The van der Waals surface area contributed by atoms with Gasteiger partial charge in [-0.15, -0.1) is 10.2 Å². The zero-order chi connectivity index (χ0) is 22.4. The molecule has 2 aromatic carbocycles. The fourth-order valence-electron chi connectivity index (χ4n) is 3.76. The van der Waals surface area contributed by atoms with Crippen LogP contribution in [-0.4, -0.2) is 31.5 Å². The lowest BCUT2D eigenvalue weighted by Gasteiger charge is -2.10. The maximum atomic E-state index is 13.2. The first-order chi connectivity index (χ1) is 15.5. The molecule has 9 heteroatoms. The smallest absolute Gasteiger partial charge is 0.285 e. The van der Waals surface area contributed by atoms with Gasteiger partial charge in [-0.3, -0.25) is 9.36 Å². The van der Waals surface area contributed by atoms with Gasteiger partial charge in [-0.1, -0.05) is 48.3 Å². The van der Waals surface area contributed by atoms with Gasteiger partial charge in [0.1, 0.15) is 11.3 Å². The molecule has 0 atom stereocenters. The average Bonchev–Trinajstić information content (AvgIpc) is 3.20. The minimum Gasteiger partial charge on any atom is -0.497 e. The Labute approximate surface area is 192 Å². The van der Waals surface area contributed by atoms with E-state index in [1.165, 1.54) is 4.57 Å². The lowest BCUT2D eigenvalue weighted by atomic mass is 10.0. The van der Waals surface area contributed by atoms with Crippen LogP contribution in [0.25, 0.3) is 33.5 Å². The first-order valence-corrected chi connectivity index (χ1v) is 10.7. The zero-order valence-corrected chi connectivity index (χ0v) is 18.7. The first-order valence-electron chi connectivity index (χ1n) is 9.92. The summed E-state index contributed by atoms with van der Waals surface area (Å²) >= 11 is 12.5. The number of hydrogen-bond donors (Lipinski definition) is 0. The average molecular weight is 466 g/mol. The van der Waals surface area contributed by atoms with Crippen LogP contribution < -0.4 is 10.3 Å². The number of halogens is 2. The molecule has 0 spiro atoms. The van der Waals surface area contributed by atoms with Crippen LogP contribution >= 0.6 is 23.2 Å². The standard InChI is InChI=1S/C23H17Cl2N5O2/c1-3-16-19(13-7-9-14(32-2)10-8-13)22-27-26-21-18(30(22)28-16)11-12-29(23(21)31)17-6-4-5-15(24)20(17)25/h4-12H,3H2,1-2H3.